The lowest BCUT2D eigenvalue weighted by Gasteiger charge is -2.06. The monoisotopic (exact) mass is 412 g/mol. The van der Waals surface area contributed by atoms with Crippen molar-refractivity contribution in [2.75, 3.05) is 12.4 Å². The third kappa shape index (κ3) is 4.97. The molecule has 0 aliphatic heterocycles. The van der Waals surface area contributed by atoms with Crippen LogP contribution in [-0.2, 0) is 6.61 Å². The summed E-state index contributed by atoms with van der Waals surface area (Å²) in [4.78, 5) is 0. The van der Waals surface area contributed by atoms with E-state index in [2.05, 4.69) is 28.4 Å². The molecule has 1 aromatic heterocycles. The first-order valence-corrected chi connectivity index (χ1v) is 10.1. The summed E-state index contributed by atoms with van der Waals surface area (Å²) in [6, 6.07) is 21.4. The quantitative estimate of drug-likeness (QED) is 0.276. The molecular formula is C21H17ClN2O3S. The number of thioether (sulfide) groups is 1. The molecule has 0 fully saturated rings. The summed E-state index contributed by atoms with van der Waals surface area (Å²) in [6.07, 6.45) is 0. The van der Waals surface area contributed by atoms with E-state index in [0.717, 1.165) is 11.1 Å². The molecule has 1 heterocycles. The predicted octanol–water partition coefficient (Wildman–Crippen LogP) is 5.63. The van der Waals surface area contributed by atoms with Crippen LogP contribution in [0, 0.1) is 0 Å². The number of ether oxygens (including phenoxy) is 2. The normalized spacial score (nSPS) is 10.9. The zero-order valence-electron chi connectivity index (χ0n) is 14.9. The maximum atomic E-state index is 5.85. The van der Waals surface area contributed by atoms with Crippen molar-refractivity contribution in [2.45, 2.75) is 11.8 Å². The highest BCUT2D eigenvalue weighted by molar-refractivity contribution is 7.99. The van der Waals surface area contributed by atoms with Crippen molar-refractivity contribution < 1.29 is 13.9 Å². The van der Waals surface area contributed by atoms with Gasteiger partial charge < -0.3 is 13.9 Å². The molecule has 4 aromatic rings. The molecule has 4 rings (SSSR count). The van der Waals surface area contributed by atoms with E-state index in [-0.39, 0.29) is 6.61 Å². The molecule has 7 heteroatoms. The number of hydrogen-bond acceptors (Lipinski definition) is 6. The number of fused-ring (bicyclic) bond motifs is 1. The van der Waals surface area contributed by atoms with Gasteiger partial charge in [0.25, 0.3) is 11.1 Å². The van der Waals surface area contributed by atoms with E-state index in [0.29, 0.717) is 34.2 Å². The van der Waals surface area contributed by atoms with Crippen LogP contribution in [0.25, 0.3) is 10.8 Å². The first-order chi connectivity index (χ1) is 13.8. The van der Waals surface area contributed by atoms with Crippen LogP contribution in [0.5, 0.6) is 11.5 Å². The van der Waals surface area contributed by atoms with E-state index in [1.54, 1.807) is 24.3 Å². The number of hydrogen-bond donors (Lipinski definition) is 0. The van der Waals surface area contributed by atoms with Crippen molar-refractivity contribution in [1.82, 2.24) is 10.2 Å². The highest BCUT2D eigenvalue weighted by atomic mass is 35.5. The summed E-state index contributed by atoms with van der Waals surface area (Å²) in [5.74, 6) is 2.67. The zero-order valence-corrected chi connectivity index (χ0v) is 16.4. The smallest absolute Gasteiger partial charge is 0.276 e. The van der Waals surface area contributed by atoms with Crippen LogP contribution in [0.15, 0.2) is 76.4 Å². The largest absolute Gasteiger partial charge is 0.493 e. The van der Waals surface area contributed by atoms with Gasteiger partial charge in [-0.05, 0) is 47.2 Å². The molecule has 142 valence electrons. The van der Waals surface area contributed by atoms with E-state index >= 15 is 0 Å². The summed E-state index contributed by atoms with van der Waals surface area (Å²) in [7, 11) is 0. The lowest BCUT2D eigenvalue weighted by Crippen LogP contribution is -1.99. The van der Waals surface area contributed by atoms with Gasteiger partial charge in [-0.25, -0.2) is 0 Å². The SMILES string of the molecule is Clc1ccc(OCc2nnc(SCCOc3ccc4ccccc4c3)o2)cc1. The Hall–Kier alpha value is -2.70. The number of halogens is 1. The summed E-state index contributed by atoms with van der Waals surface area (Å²) in [6.45, 7) is 0.755. The molecule has 0 aliphatic carbocycles. The Morgan fingerprint density at radius 1 is 0.857 bits per heavy atom. The van der Waals surface area contributed by atoms with Gasteiger partial charge in [0.1, 0.15) is 11.5 Å². The topological polar surface area (TPSA) is 57.4 Å². The molecule has 0 saturated heterocycles. The van der Waals surface area contributed by atoms with Gasteiger partial charge in [-0.15, -0.1) is 10.2 Å². The van der Waals surface area contributed by atoms with Crippen LogP contribution in [0.4, 0.5) is 0 Å². The first-order valence-electron chi connectivity index (χ1n) is 8.71. The highest BCUT2D eigenvalue weighted by Gasteiger charge is 2.08. The minimum Gasteiger partial charge on any atom is -0.493 e. The standard InChI is InChI=1S/C21H17ClN2O3S/c22-17-6-9-18(10-7-17)26-14-20-23-24-21(27-20)28-12-11-25-19-8-5-15-3-1-2-4-16(15)13-19/h1-10,13H,11-12,14H2. The summed E-state index contributed by atoms with van der Waals surface area (Å²) in [5, 5.41) is 11.5. The molecule has 28 heavy (non-hydrogen) atoms. The van der Waals surface area contributed by atoms with Crippen LogP contribution in [0.3, 0.4) is 0 Å². The maximum Gasteiger partial charge on any atom is 0.276 e. The predicted molar refractivity (Wildman–Crippen MR) is 110 cm³/mol. The Morgan fingerprint density at radius 2 is 1.64 bits per heavy atom. The van der Waals surface area contributed by atoms with E-state index in [4.69, 9.17) is 25.5 Å². The van der Waals surface area contributed by atoms with Crippen molar-refractivity contribution >= 4 is 34.1 Å². The second-order valence-corrected chi connectivity index (χ2v) is 7.39. The Labute approximate surface area is 171 Å². The van der Waals surface area contributed by atoms with Gasteiger partial charge in [-0.1, -0.05) is 53.7 Å². The molecule has 0 radical (unpaired) electrons. The molecule has 0 N–H and O–H groups in total. The number of aromatic nitrogens is 2. The molecule has 0 unspecified atom stereocenters. The molecule has 0 amide bonds. The van der Waals surface area contributed by atoms with Crippen LogP contribution < -0.4 is 9.47 Å². The third-order valence-electron chi connectivity index (χ3n) is 3.92. The van der Waals surface area contributed by atoms with Crippen molar-refractivity contribution in [1.29, 1.82) is 0 Å². The van der Waals surface area contributed by atoms with E-state index < -0.39 is 0 Å². The van der Waals surface area contributed by atoms with Crippen LogP contribution in [0.2, 0.25) is 5.02 Å². The molecule has 3 aromatic carbocycles. The average Bonchev–Trinajstić information content (AvgIpc) is 3.18. The fraction of sp³-hybridized carbons (Fsp3) is 0.143. The van der Waals surface area contributed by atoms with E-state index in [9.17, 15) is 0 Å². The average molecular weight is 413 g/mol. The minimum absolute atomic E-state index is 0.211. The van der Waals surface area contributed by atoms with Crippen molar-refractivity contribution in [2.24, 2.45) is 0 Å². The lowest BCUT2D eigenvalue weighted by molar-refractivity contribution is 0.252. The summed E-state index contributed by atoms with van der Waals surface area (Å²) >= 11 is 7.30. The van der Waals surface area contributed by atoms with E-state index in [1.165, 1.54) is 17.1 Å². The second kappa shape index (κ2) is 8.99. The Kier molecular flexibility index (Phi) is 5.99. The van der Waals surface area contributed by atoms with Gasteiger partial charge in [-0.3, -0.25) is 0 Å². The number of nitrogens with zero attached hydrogens (tertiary/aromatic N) is 2. The zero-order chi connectivity index (χ0) is 19.2. The molecule has 0 spiro atoms. The van der Waals surface area contributed by atoms with Gasteiger partial charge in [0.2, 0.25) is 0 Å². The molecule has 0 bridgehead atoms. The fourth-order valence-electron chi connectivity index (χ4n) is 2.58. The van der Waals surface area contributed by atoms with Gasteiger partial charge in [0.05, 0.1) is 6.61 Å². The Balaban J connectivity index is 1.22. The van der Waals surface area contributed by atoms with Crippen molar-refractivity contribution in [3.05, 3.63) is 77.6 Å². The maximum absolute atomic E-state index is 5.85. The summed E-state index contributed by atoms with van der Waals surface area (Å²) < 4.78 is 17.0. The number of rotatable bonds is 8. The highest BCUT2D eigenvalue weighted by Crippen LogP contribution is 2.22. The van der Waals surface area contributed by atoms with E-state index in [1.807, 2.05) is 24.3 Å². The van der Waals surface area contributed by atoms with Crippen LogP contribution in [0.1, 0.15) is 5.89 Å². The van der Waals surface area contributed by atoms with Crippen molar-refractivity contribution in [3.63, 3.8) is 0 Å². The first kappa shape index (κ1) is 18.7. The number of benzene rings is 3. The van der Waals surface area contributed by atoms with Gasteiger partial charge >= 0.3 is 0 Å². The second-order valence-electron chi connectivity index (χ2n) is 5.91. The molecule has 0 atom stereocenters. The molecule has 0 saturated carbocycles. The molecule has 0 aliphatic rings. The van der Waals surface area contributed by atoms with Crippen molar-refractivity contribution in [3.8, 4) is 11.5 Å². The van der Waals surface area contributed by atoms with Gasteiger partial charge in [0, 0.05) is 10.8 Å². The van der Waals surface area contributed by atoms with Gasteiger partial charge in [-0.2, -0.15) is 0 Å². The lowest BCUT2D eigenvalue weighted by atomic mass is 10.1. The van der Waals surface area contributed by atoms with Gasteiger partial charge in [0.15, 0.2) is 6.61 Å². The third-order valence-corrected chi connectivity index (χ3v) is 4.96. The molecular weight excluding hydrogens is 396 g/mol. The Morgan fingerprint density at radius 3 is 2.50 bits per heavy atom. The van der Waals surface area contributed by atoms with Crippen LogP contribution in [-0.4, -0.2) is 22.6 Å². The van der Waals surface area contributed by atoms with Crippen LogP contribution >= 0.6 is 23.4 Å². The summed E-state index contributed by atoms with van der Waals surface area (Å²) in [5.41, 5.74) is 0. The minimum atomic E-state index is 0.211. The fourth-order valence-corrected chi connectivity index (χ4v) is 3.30. The Bertz CT molecular complexity index is 1050. The molecule has 5 nitrogen and oxygen atoms in total.